The van der Waals surface area contributed by atoms with Gasteiger partial charge in [-0.3, -0.25) is 0 Å². The summed E-state index contributed by atoms with van der Waals surface area (Å²) in [6.07, 6.45) is 5.09. The van der Waals surface area contributed by atoms with E-state index in [1.807, 2.05) is 0 Å². The lowest BCUT2D eigenvalue weighted by atomic mass is 9.84. The van der Waals surface area contributed by atoms with Gasteiger partial charge in [0.2, 0.25) is 0 Å². The molecule has 0 saturated carbocycles. The molecular weight excluding hydrogens is 202 g/mol. The van der Waals surface area contributed by atoms with E-state index in [9.17, 15) is 0 Å². The van der Waals surface area contributed by atoms with Crippen molar-refractivity contribution in [3.05, 3.63) is 0 Å². The summed E-state index contributed by atoms with van der Waals surface area (Å²) in [5.74, 6) is 0.664. The lowest BCUT2D eigenvalue weighted by Crippen LogP contribution is -2.44. The van der Waals surface area contributed by atoms with E-state index >= 15 is 0 Å². The Balaban J connectivity index is 1.86. The highest BCUT2D eigenvalue weighted by Crippen LogP contribution is 2.40. The van der Waals surface area contributed by atoms with Crippen LogP contribution in [0.1, 0.15) is 40.0 Å². The van der Waals surface area contributed by atoms with E-state index < -0.39 is 0 Å². The quantitative estimate of drug-likeness (QED) is 0.752. The van der Waals surface area contributed by atoms with E-state index in [2.05, 4.69) is 26.1 Å². The Morgan fingerprint density at radius 2 is 2.19 bits per heavy atom. The van der Waals surface area contributed by atoms with Gasteiger partial charge < -0.3 is 14.8 Å². The Kier molecular flexibility index (Phi) is 4.22. The minimum atomic E-state index is 0.320. The first-order valence-corrected chi connectivity index (χ1v) is 6.71. The molecule has 3 heteroatoms. The minimum Gasteiger partial charge on any atom is -0.377 e. The number of likely N-dealkylation sites (N-methyl/N-ethyl adjacent to an activating group) is 1. The molecule has 2 aliphatic heterocycles. The van der Waals surface area contributed by atoms with Gasteiger partial charge in [-0.05, 0) is 39.7 Å². The molecule has 3 nitrogen and oxygen atoms in total. The molecule has 0 aromatic heterocycles. The number of fused-ring (bicyclic) bond motifs is 2. The van der Waals surface area contributed by atoms with Crippen molar-refractivity contribution in [2.45, 2.75) is 64.4 Å². The standard InChI is InChI=1S/C13H25NO2/c1-4-14-12(8-15-9(2)3)11-7-10-5-6-13(11)16-10/h9-14H,4-8H2,1-3H3. The lowest BCUT2D eigenvalue weighted by molar-refractivity contribution is 0.0319. The predicted octanol–water partition coefficient (Wildman–Crippen LogP) is 1.96. The fourth-order valence-electron chi connectivity index (χ4n) is 2.99. The summed E-state index contributed by atoms with van der Waals surface area (Å²) in [5, 5.41) is 3.56. The van der Waals surface area contributed by atoms with Gasteiger partial charge in [-0.15, -0.1) is 0 Å². The van der Waals surface area contributed by atoms with Crippen molar-refractivity contribution < 1.29 is 9.47 Å². The van der Waals surface area contributed by atoms with Crippen molar-refractivity contribution in [2.24, 2.45) is 5.92 Å². The van der Waals surface area contributed by atoms with Crippen LogP contribution in [0.2, 0.25) is 0 Å². The summed E-state index contributed by atoms with van der Waals surface area (Å²) in [6.45, 7) is 8.19. The molecule has 0 aromatic carbocycles. The molecule has 2 heterocycles. The zero-order valence-corrected chi connectivity index (χ0v) is 10.7. The minimum absolute atomic E-state index is 0.320. The first-order chi connectivity index (χ1) is 7.70. The molecule has 0 aromatic rings. The first-order valence-electron chi connectivity index (χ1n) is 6.71. The molecule has 0 amide bonds. The number of rotatable bonds is 6. The van der Waals surface area contributed by atoms with E-state index in [1.54, 1.807) is 0 Å². The average molecular weight is 227 g/mol. The molecule has 2 saturated heterocycles. The number of ether oxygens (including phenoxy) is 2. The maximum absolute atomic E-state index is 5.92. The molecule has 4 atom stereocenters. The molecular formula is C13H25NO2. The van der Waals surface area contributed by atoms with Gasteiger partial charge in [-0.25, -0.2) is 0 Å². The molecule has 2 bridgehead atoms. The number of hydrogen-bond donors (Lipinski definition) is 1. The monoisotopic (exact) mass is 227 g/mol. The smallest absolute Gasteiger partial charge is 0.0626 e. The molecule has 0 aliphatic carbocycles. The summed E-state index contributed by atoms with van der Waals surface area (Å²) in [7, 11) is 0. The highest BCUT2D eigenvalue weighted by Gasteiger charge is 2.44. The molecule has 4 unspecified atom stereocenters. The van der Waals surface area contributed by atoms with Crippen LogP contribution in [-0.2, 0) is 9.47 Å². The fraction of sp³-hybridized carbons (Fsp3) is 1.00. The summed E-state index contributed by atoms with van der Waals surface area (Å²) in [5.41, 5.74) is 0. The number of hydrogen-bond acceptors (Lipinski definition) is 3. The third kappa shape index (κ3) is 2.76. The van der Waals surface area contributed by atoms with Gasteiger partial charge in [0.05, 0.1) is 24.9 Å². The van der Waals surface area contributed by atoms with Gasteiger partial charge >= 0.3 is 0 Å². The van der Waals surface area contributed by atoms with Gasteiger partial charge in [0.1, 0.15) is 0 Å². The third-order valence-corrected chi connectivity index (χ3v) is 3.75. The van der Waals surface area contributed by atoms with Crippen molar-refractivity contribution in [3.63, 3.8) is 0 Å². The van der Waals surface area contributed by atoms with Gasteiger partial charge in [0, 0.05) is 12.0 Å². The van der Waals surface area contributed by atoms with Crippen molar-refractivity contribution in [3.8, 4) is 0 Å². The van der Waals surface area contributed by atoms with Gasteiger partial charge in [-0.2, -0.15) is 0 Å². The molecule has 16 heavy (non-hydrogen) atoms. The van der Waals surface area contributed by atoms with Crippen molar-refractivity contribution in [1.82, 2.24) is 5.32 Å². The van der Waals surface area contributed by atoms with Crippen molar-refractivity contribution >= 4 is 0 Å². The Labute approximate surface area is 98.9 Å². The molecule has 1 N–H and O–H groups in total. The van der Waals surface area contributed by atoms with E-state index in [1.165, 1.54) is 19.3 Å². The molecule has 2 aliphatic rings. The summed E-state index contributed by atoms with van der Waals surface area (Å²) < 4.78 is 11.7. The predicted molar refractivity (Wildman–Crippen MR) is 64.6 cm³/mol. The van der Waals surface area contributed by atoms with Crippen LogP contribution >= 0.6 is 0 Å². The number of nitrogens with one attached hydrogen (secondary N) is 1. The second-order valence-electron chi connectivity index (χ2n) is 5.32. The van der Waals surface area contributed by atoms with Crippen LogP contribution in [0.5, 0.6) is 0 Å². The van der Waals surface area contributed by atoms with Gasteiger partial charge in [0.25, 0.3) is 0 Å². The summed E-state index contributed by atoms with van der Waals surface area (Å²) >= 11 is 0. The van der Waals surface area contributed by atoms with Crippen molar-refractivity contribution in [1.29, 1.82) is 0 Å². The van der Waals surface area contributed by atoms with E-state index in [0.717, 1.165) is 13.2 Å². The Morgan fingerprint density at radius 3 is 2.69 bits per heavy atom. The molecule has 2 rings (SSSR count). The highest BCUT2D eigenvalue weighted by molar-refractivity contribution is 4.95. The third-order valence-electron chi connectivity index (χ3n) is 3.75. The van der Waals surface area contributed by atoms with Crippen LogP contribution in [0.4, 0.5) is 0 Å². The van der Waals surface area contributed by atoms with E-state index in [4.69, 9.17) is 9.47 Å². The van der Waals surface area contributed by atoms with Crippen LogP contribution < -0.4 is 5.32 Å². The Bertz CT molecular complexity index is 220. The average Bonchev–Trinajstić information content (AvgIpc) is 2.85. The van der Waals surface area contributed by atoms with Crippen LogP contribution in [0.15, 0.2) is 0 Å². The maximum Gasteiger partial charge on any atom is 0.0626 e. The lowest BCUT2D eigenvalue weighted by Gasteiger charge is -2.29. The van der Waals surface area contributed by atoms with Crippen LogP contribution in [0.25, 0.3) is 0 Å². The normalized spacial score (nSPS) is 34.9. The zero-order chi connectivity index (χ0) is 11.5. The Hall–Kier alpha value is -0.120. The second-order valence-corrected chi connectivity index (χ2v) is 5.32. The van der Waals surface area contributed by atoms with Gasteiger partial charge in [-0.1, -0.05) is 6.92 Å². The van der Waals surface area contributed by atoms with Crippen LogP contribution in [0.3, 0.4) is 0 Å². The van der Waals surface area contributed by atoms with Crippen LogP contribution in [-0.4, -0.2) is 37.5 Å². The Morgan fingerprint density at radius 1 is 1.38 bits per heavy atom. The van der Waals surface area contributed by atoms with Crippen LogP contribution in [0, 0.1) is 5.92 Å². The molecule has 0 spiro atoms. The maximum atomic E-state index is 5.92. The SMILES string of the molecule is CCNC(COC(C)C)C1CC2CCC1O2. The molecule has 94 valence electrons. The summed E-state index contributed by atoms with van der Waals surface area (Å²) in [4.78, 5) is 0. The topological polar surface area (TPSA) is 30.5 Å². The van der Waals surface area contributed by atoms with E-state index in [-0.39, 0.29) is 0 Å². The largest absolute Gasteiger partial charge is 0.377 e. The van der Waals surface area contributed by atoms with Gasteiger partial charge in [0.15, 0.2) is 0 Å². The fourth-order valence-corrected chi connectivity index (χ4v) is 2.99. The highest BCUT2D eigenvalue weighted by atomic mass is 16.5. The summed E-state index contributed by atoms with van der Waals surface area (Å²) in [6, 6.07) is 0.475. The molecule has 2 fully saturated rings. The molecule has 0 radical (unpaired) electrons. The first kappa shape index (κ1) is 12.3. The van der Waals surface area contributed by atoms with E-state index in [0.29, 0.717) is 30.3 Å². The zero-order valence-electron chi connectivity index (χ0n) is 10.7. The van der Waals surface area contributed by atoms with Crippen molar-refractivity contribution in [2.75, 3.05) is 13.2 Å². The second kappa shape index (κ2) is 5.48.